The number of anilines is 1. The molecular weight excluding hydrogens is 283 g/mol. The van der Waals surface area contributed by atoms with Gasteiger partial charge in [0.05, 0.1) is 6.54 Å². The average Bonchev–Trinajstić information content (AvgIpc) is 2.79. The van der Waals surface area contributed by atoms with Gasteiger partial charge in [0.2, 0.25) is 0 Å². The van der Waals surface area contributed by atoms with Crippen molar-refractivity contribution in [3.05, 3.63) is 48.3 Å². The van der Waals surface area contributed by atoms with Gasteiger partial charge in [-0.2, -0.15) is 5.10 Å². The molecule has 0 spiro atoms. The van der Waals surface area contributed by atoms with Crippen molar-refractivity contribution >= 4 is 30.5 Å². The summed E-state index contributed by atoms with van der Waals surface area (Å²) in [6, 6.07) is 9.96. The maximum absolute atomic E-state index is 5.75. The fourth-order valence-electron chi connectivity index (χ4n) is 1.79. The Morgan fingerprint density at radius 3 is 2.68 bits per heavy atom. The standard InChI is InChI=1S/C13H18N4.2ClH/c1-16(8-9-17-7-3-6-15-17)11-12-4-2-5-13(14)10-12;;/h2-7,10H,8-9,11,14H2,1H3;2*1H. The molecule has 2 aromatic rings. The van der Waals surface area contributed by atoms with Gasteiger partial charge in [-0.3, -0.25) is 4.68 Å². The molecular formula is C13H20Cl2N4. The Morgan fingerprint density at radius 1 is 1.26 bits per heavy atom. The molecule has 0 saturated carbocycles. The first-order valence-corrected chi connectivity index (χ1v) is 5.74. The van der Waals surface area contributed by atoms with Crippen LogP contribution in [0.5, 0.6) is 0 Å². The topological polar surface area (TPSA) is 47.1 Å². The summed E-state index contributed by atoms with van der Waals surface area (Å²) in [5.74, 6) is 0. The van der Waals surface area contributed by atoms with E-state index in [4.69, 9.17) is 5.73 Å². The van der Waals surface area contributed by atoms with Crippen LogP contribution in [0.1, 0.15) is 5.56 Å². The molecule has 0 aliphatic heterocycles. The van der Waals surface area contributed by atoms with Crippen LogP contribution in [0.25, 0.3) is 0 Å². The van der Waals surface area contributed by atoms with Crippen molar-refractivity contribution in [2.45, 2.75) is 13.1 Å². The number of hydrogen-bond acceptors (Lipinski definition) is 3. The van der Waals surface area contributed by atoms with E-state index in [2.05, 4.69) is 23.1 Å². The lowest BCUT2D eigenvalue weighted by molar-refractivity contribution is 0.305. The van der Waals surface area contributed by atoms with E-state index in [-0.39, 0.29) is 24.8 Å². The molecule has 0 saturated heterocycles. The van der Waals surface area contributed by atoms with Gasteiger partial charge >= 0.3 is 0 Å². The third-order valence-electron chi connectivity index (χ3n) is 2.67. The Bertz CT molecular complexity index is 459. The van der Waals surface area contributed by atoms with Crippen molar-refractivity contribution in [1.29, 1.82) is 0 Å². The number of benzene rings is 1. The number of hydrogen-bond donors (Lipinski definition) is 1. The summed E-state index contributed by atoms with van der Waals surface area (Å²) in [6.07, 6.45) is 3.78. The smallest absolute Gasteiger partial charge is 0.0536 e. The summed E-state index contributed by atoms with van der Waals surface area (Å²) in [6.45, 7) is 2.79. The van der Waals surface area contributed by atoms with Crippen LogP contribution in [-0.2, 0) is 13.1 Å². The molecule has 0 radical (unpaired) electrons. The molecule has 0 atom stereocenters. The minimum absolute atomic E-state index is 0. The highest BCUT2D eigenvalue weighted by Crippen LogP contribution is 2.08. The second-order valence-electron chi connectivity index (χ2n) is 4.25. The summed E-state index contributed by atoms with van der Waals surface area (Å²) >= 11 is 0. The van der Waals surface area contributed by atoms with Crippen LogP contribution in [0.2, 0.25) is 0 Å². The van der Waals surface area contributed by atoms with Gasteiger partial charge in [-0.05, 0) is 30.8 Å². The lowest BCUT2D eigenvalue weighted by Gasteiger charge is -2.16. The molecule has 0 aliphatic rings. The maximum atomic E-state index is 5.75. The SMILES string of the molecule is CN(CCn1cccn1)Cc1cccc(N)c1.Cl.Cl. The third-order valence-corrected chi connectivity index (χ3v) is 2.67. The molecule has 6 heteroatoms. The van der Waals surface area contributed by atoms with Gasteiger partial charge in [0.25, 0.3) is 0 Å². The lowest BCUT2D eigenvalue weighted by atomic mass is 10.2. The summed E-state index contributed by atoms with van der Waals surface area (Å²) < 4.78 is 1.94. The average molecular weight is 303 g/mol. The molecule has 4 nitrogen and oxygen atoms in total. The number of nitrogens with zero attached hydrogens (tertiary/aromatic N) is 3. The fourth-order valence-corrected chi connectivity index (χ4v) is 1.79. The first kappa shape index (κ1) is 17.8. The van der Waals surface area contributed by atoms with Gasteiger partial charge in [-0.1, -0.05) is 12.1 Å². The van der Waals surface area contributed by atoms with Crippen molar-refractivity contribution < 1.29 is 0 Å². The lowest BCUT2D eigenvalue weighted by Crippen LogP contribution is -2.23. The van der Waals surface area contributed by atoms with Crippen molar-refractivity contribution in [3.8, 4) is 0 Å². The van der Waals surface area contributed by atoms with Crippen LogP contribution in [0, 0.1) is 0 Å². The minimum atomic E-state index is 0. The Hall–Kier alpha value is -1.23. The molecule has 1 aromatic carbocycles. The monoisotopic (exact) mass is 302 g/mol. The zero-order valence-electron chi connectivity index (χ0n) is 10.9. The van der Waals surface area contributed by atoms with Gasteiger partial charge < -0.3 is 10.6 Å². The second-order valence-corrected chi connectivity index (χ2v) is 4.25. The molecule has 19 heavy (non-hydrogen) atoms. The predicted molar refractivity (Wildman–Crippen MR) is 83.9 cm³/mol. The van der Waals surface area contributed by atoms with Crippen molar-refractivity contribution in [1.82, 2.24) is 14.7 Å². The molecule has 0 bridgehead atoms. The number of halogens is 2. The molecule has 106 valence electrons. The Morgan fingerprint density at radius 2 is 2.05 bits per heavy atom. The minimum Gasteiger partial charge on any atom is -0.399 e. The first-order valence-electron chi connectivity index (χ1n) is 5.74. The summed E-state index contributed by atoms with van der Waals surface area (Å²) in [4.78, 5) is 2.26. The quantitative estimate of drug-likeness (QED) is 0.863. The van der Waals surface area contributed by atoms with E-state index in [1.165, 1.54) is 5.56 Å². The molecule has 0 unspecified atom stereocenters. The van der Waals surface area contributed by atoms with Gasteiger partial charge in [0, 0.05) is 31.2 Å². The highest BCUT2D eigenvalue weighted by atomic mass is 35.5. The number of aromatic nitrogens is 2. The molecule has 1 heterocycles. The maximum Gasteiger partial charge on any atom is 0.0536 e. The Balaban J connectivity index is 0.00000162. The summed E-state index contributed by atoms with van der Waals surface area (Å²) in [7, 11) is 2.10. The Labute approximate surface area is 126 Å². The van der Waals surface area contributed by atoms with Crippen molar-refractivity contribution in [2.24, 2.45) is 0 Å². The second kappa shape index (κ2) is 8.80. The van der Waals surface area contributed by atoms with E-state index in [1.807, 2.05) is 35.1 Å². The van der Waals surface area contributed by atoms with E-state index in [0.29, 0.717) is 0 Å². The highest BCUT2D eigenvalue weighted by molar-refractivity contribution is 5.85. The van der Waals surface area contributed by atoms with Gasteiger partial charge in [0.1, 0.15) is 0 Å². The molecule has 2 rings (SSSR count). The Kier molecular flexibility index (Phi) is 8.23. The van der Waals surface area contributed by atoms with Crippen LogP contribution in [0.15, 0.2) is 42.7 Å². The molecule has 1 aromatic heterocycles. The van der Waals surface area contributed by atoms with Crippen LogP contribution < -0.4 is 5.73 Å². The molecule has 0 amide bonds. The van der Waals surface area contributed by atoms with Crippen LogP contribution in [-0.4, -0.2) is 28.3 Å². The number of likely N-dealkylation sites (N-methyl/N-ethyl adjacent to an activating group) is 1. The molecule has 2 N–H and O–H groups in total. The predicted octanol–water partition coefficient (Wildman–Crippen LogP) is 2.44. The summed E-state index contributed by atoms with van der Waals surface area (Å²) in [5, 5.41) is 4.18. The number of rotatable bonds is 5. The zero-order chi connectivity index (χ0) is 12.1. The van der Waals surface area contributed by atoms with E-state index >= 15 is 0 Å². The largest absolute Gasteiger partial charge is 0.399 e. The molecule has 0 aliphatic carbocycles. The highest BCUT2D eigenvalue weighted by Gasteiger charge is 2.01. The molecule has 0 fully saturated rings. The van der Waals surface area contributed by atoms with Crippen LogP contribution in [0.3, 0.4) is 0 Å². The van der Waals surface area contributed by atoms with E-state index in [1.54, 1.807) is 6.20 Å². The normalized spacial score (nSPS) is 9.79. The van der Waals surface area contributed by atoms with E-state index in [9.17, 15) is 0 Å². The third kappa shape index (κ3) is 5.96. The number of nitrogen functional groups attached to an aromatic ring is 1. The summed E-state index contributed by atoms with van der Waals surface area (Å²) in [5.41, 5.74) is 7.82. The van der Waals surface area contributed by atoms with Gasteiger partial charge in [0.15, 0.2) is 0 Å². The van der Waals surface area contributed by atoms with Crippen molar-refractivity contribution in [2.75, 3.05) is 19.3 Å². The van der Waals surface area contributed by atoms with E-state index in [0.717, 1.165) is 25.3 Å². The fraction of sp³-hybridized carbons (Fsp3) is 0.308. The van der Waals surface area contributed by atoms with Crippen molar-refractivity contribution in [3.63, 3.8) is 0 Å². The van der Waals surface area contributed by atoms with Gasteiger partial charge in [-0.25, -0.2) is 0 Å². The number of nitrogens with two attached hydrogens (primary N) is 1. The zero-order valence-corrected chi connectivity index (χ0v) is 12.5. The van der Waals surface area contributed by atoms with Gasteiger partial charge in [-0.15, -0.1) is 24.8 Å². The first-order chi connectivity index (χ1) is 8.24. The van der Waals surface area contributed by atoms with E-state index < -0.39 is 0 Å². The van der Waals surface area contributed by atoms with Crippen LogP contribution >= 0.6 is 24.8 Å². The van der Waals surface area contributed by atoms with Crippen LogP contribution in [0.4, 0.5) is 5.69 Å².